The largest absolute Gasteiger partial charge is 0.480 e. The van der Waals surface area contributed by atoms with Crippen molar-refractivity contribution >= 4 is 23.0 Å². The molecule has 0 saturated carbocycles. The number of hydrogen-bond acceptors (Lipinski definition) is 4. The zero-order valence-corrected chi connectivity index (χ0v) is 20.7. The van der Waals surface area contributed by atoms with Crippen LogP contribution in [0.3, 0.4) is 0 Å². The molecule has 0 saturated heterocycles. The predicted octanol–water partition coefficient (Wildman–Crippen LogP) is 4.55. The Kier molecular flexibility index (Phi) is 16.8. The SMILES string of the molecule is CC(C)[C@H](N)C(=O)O.CC(COCc1ccccc1)PC(C)COCc1ccccc1.[B]. The van der Waals surface area contributed by atoms with E-state index in [1.54, 1.807) is 13.8 Å². The van der Waals surface area contributed by atoms with E-state index >= 15 is 0 Å². The molecular formula is C25H38BNO4P. The van der Waals surface area contributed by atoms with E-state index in [1.165, 1.54) is 11.1 Å². The summed E-state index contributed by atoms with van der Waals surface area (Å²) >= 11 is 0. The van der Waals surface area contributed by atoms with Crippen molar-refractivity contribution in [2.24, 2.45) is 11.7 Å². The van der Waals surface area contributed by atoms with Gasteiger partial charge >= 0.3 is 5.97 Å². The summed E-state index contributed by atoms with van der Waals surface area (Å²) in [5.74, 6) is -0.910. The van der Waals surface area contributed by atoms with Gasteiger partial charge in [-0.25, -0.2) is 0 Å². The molecule has 5 nitrogen and oxygen atoms in total. The highest BCUT2D eigenvalue weighted by molar-refractivity contribution is 7.39. The Morgan fingerprint density at radius 3 is 1.50 bits per heavy atom. The third-order valence-electron chi connectivity index (χ3n) is 4.53. The van der Waals surface area contributed by atoms with Crippen LogP contribution in [0.1, 0.15) is 38.8 Å². The first-order chi connectivity index (χ1) is 14.8. The molecule has 3 radical (unpaired) electrons. The number of benzene rings is 2. The summed E-state index contributed by atoms with van der Waals surface area (Å²) in [5.41, 5.74) is 8.79. The van der Waals surface area contributed by atoms with Crippen LogP contribution in [0.15, 0.2) is 60.7 Å². The van der Waals surface area contributed by atoms with E-state index in [-0.39, 0.29) is 14.3 Å². The minimum absolute atomic E-state index is 0. The molecule has 2 aromatic carbocycles. The normalized spacial score (nSPS) is 13.7. The summed E-state index contributed by atoms with van der Waals surface area (Å²) in [4.78, 5) is 10.0. The van der Waals surface area contributed by atoms with E-state index in [0.29, 0.717) is 24.5 Å². The van der Waals surface area contributed by atoms with Crippen LogP contribution in [0.25, 0.3) is 0 Å². The number of aliphatic carboxylic acids is 1. The highest BCUT2D eigenvalue weighted by atomic mass is 31.1. The molecule has 0 heterocycles. The lowest BCUT2D eigenvalue weighted by atomic mass is 10.1. The fourth-order valence-corrected chi connectivity index (χ4v) is 4.12. The lowest BCUT2D eigenvalue weighted by Crippen LogP contribution is -2.34. The molecule has 3 N–H and O–H groups in total. The number of hydrogen-bond donors (Lipinski definition) is 2. The highest BCUT2D eigenvalue weighted by Gasteiger charge is 2.14. The van der Waals surface area contributed by atoms with Crippen LogP contribution in [0, 0.1) is 5.92 Å². The molecule has 0 aliphatic rings. The maximum atomic E-state index is 10.0. The van der Waals surface area contributed by atoms with Crippen molar-refractivity contribution in [3.8, 4) is 0 Å². The Bertz CT molecular complexity index is 669. The molecule has 2 aromatic rings. The third-order valence-corrected chi connectivity index (χ3v) is 6.00. The van der Waals surface area contributed by atoms with Crippen LogP contribution in [-0.2, 0) is 27.5 Å². The monoisotopic (exact) mass is 458 g/mol. The second-order valence-electron chi connectivity index (χ2n) is 8.08. The average molecular weight is 458 g/mol. The number of nitrogens with two attached hydrogens (primary N) is 1. The van der Waals surface area contributed by atoms with Gasteiger partial charge in [-0.15, -0.1) is 8.58 Å². The average Bonchev–Trinajstić information content (AvgIpc) is 2.75. The molecule has 0 amide bonds. The molecule has 0 aromatic heterocycles. The second-order valence-corrected chi connectivity index (χ2v) is 10.4. The standard InChI is InChI=1S/C20H27O2P.C5H11NO2.B/c1-17(13-21-15-19-9-5-3-6-10-19)23-18(2)14-22-16-20-11-7-4-8-12-20;1-3(2)4(6)5(7)8;/h3-12,17-18,23H,13-16H2,1-2H3;3-4H,6H2,1-2H3,(H,7,8);/t;4-;/m.0./s1. The Hall–Kier alpha value is -1.72. The molecule has 0 fully saturated rings. The van der Waals surface area contributed by atoms with Crippen molar-refractivity contribution in [3.63, 3.8) is 0 Å². The zero-order valence-electron chi connectivity index (χ0n) is 19.7. The summed E-state index contributed by atoms with van der Waals surface area (Å²) in [6, 6.07) is 20.0. The Balaban J connectivity index is 0.000000917. The first kappa shape index (κ1) is 30.3. The Morgan fingerprint density at radius 2 is 1.22 bits per heavy atom. The topological polar surface area (TPSA) is 81.8 Å². The minimum atomic E-state index is -0.931. The van der Waals surface area contributed by atoms with Crippen molar-refractivity contribution in [1.82, 2.24) is 0 Å². The third kappa shape index (κ3) is 14.4. The van der Waals surface area contributed by atoms with E-state index in [0.717, 1.165) is 21.8 Å². The zero-order chi connectivity index (χ0) is 23.1. The summed E-state index contributed by atoms with van der Waals surface area (Å²) in [7, 11) is 0.865. The smallest absolute Gasteiger partial charge is 0.320 e. The van der Waals surface area contributed by atoms with Crippen molar-refractivity contribution in [2.75, 3.05) is 13.2 Å². The Morgan fingerprint density at radius 1 is 0.844 bits per heavy atom. The van der Waals surface area contributed by atoms with Crippen molar-refractivity contribution in [2.45, 2.75) is 58.3 Å². The molecule has 2 rings (SSSR count). The quantitative estimate of drug-likeness (QED) is 0.360. The lowest BCUT2D eigenvalue weighted by molar-refractivity contribution is -0.139. The summed E-state index contributed by atoms with van der Waals surface area (Å²) in [6.45, 7) is 11.1. The van der Waals surface area contributed by atoms with Gasteiger partial charge in [-0.2, -0.15) is 0 Å². The molecule has 175 valence electrons. The molecule has 3 atom stereocenters. The van der Waals surface area contributed by atoms with Gasteiger partial charge in [0.05, 0.1) is 26.4 Å². The van der Waals surface area contributed by atoms with Gasteiger partial charge in [0.15, 0.2) is 0 Å². The molecular weight excluding hydrogens is 420 g/mol. The fourth-order valence-electron chi connectivity index (χ4n) is 2.72. The first-order valence-corrected chi connectivity index (χ1v) is 11.9. The van der Waals surface area contributed by atoms with E-state index in [2.05, 4.69) is 62.4 Å². The van der Waals surface area contributed by atoms with Crippen LogP contribution in [0.4, 0.5) is 0 Å². The van der Waals surface area contributed by atoms with Crippen molar-refractivity contribution < 1.29 is 19.4 Å². The van der Waals surface area contributed by atoms with Gasteiger partial charge in [-0.1, -0.05) is 88.4 Å². The van der Waals surface area contributed by atoms with E-state index in [1.807, 2.05) is 12.1 Å². The van der Waals surface area contributed by atoms with Crippen molar-refractivity contribution in [1.29, 1.82) is 0 Å². The van der Waals surface area contributed by atoms with Gasteiger partial charge < -0.3 is 20.3 Å². The number of carbonyl (C=O) groups is 1. The molecule has 32 heavy (non-hydrogen) atoms. The molecule has 0 aliphatic heterocycles. The summed E-state index contributed by atoms with van der Waals surface area (Å²) < 4.78 is 11.6. The first-order valence-electron chi connectivity index (χ1n) is 10.8. The summed E-state index contributed by atoms with van der Waals surface area (Å²) in [6.07, 6.45) is 0. The number of rotatable bonds is 12. The molecule has 0 bridgehead atoms. The van der Waals surface area contributed by atoms with Crippen LogP contribution in [0.2, 0.25) is 0 Å². The lowest BCUT2D eigenvalue weighted by Gasteiger charge is -2.18. The van der Waals surface area contributed by atoms with Gasteiger partial charge in [0, 0.05) is 8.41 Å². The number of carboxylic acid groups (broad SMARTS) is 1. The van der Waals surface area contributed by atoms with Crippen LogP contribution in [-0.4, -0.2) is 50.1 Å². The Labute approximate surface area is 197 Å². The highest BCUT2D eigenvalue weighted by Crippen LogP contribution is 2.26. The molecule has 7 heteroatoms. The fraction of sp³-hybridized carbons (Fsp3) is 0.480. The predicted molar refractivity (Wildman–Crippen MR) is 136 cm³/mol. The summed E-state index contributed by atoms with van der Waals surface area (Å²) in [5, 5.41) is 8.23. The number of ether oxygens (including phenoxy) is 2. The van der Waals surface area contributed by atoms with E-state index in [9.17, 15) is 4.79 Å². The van der Waals surface area contributed by atoms with Crippen LogP contribution >= 0.6 is 8.58 Å². The maximum absolute atomic E-state index is 10.0. The van der Waals surface area contributed by atoms with E-state index in [4.69, 9.17) is 20.3 Å². The minimum Gasteiger partial charge on any atom is -0.480 e. The second kappa shape index (κ2) is 17.8. The van der Waals surface area contributed by atoms with Crippen molar-refractivity contribution in [3.05, 3.63) is 71.8 Å². The van der Waals surface area contributed by atoms with Gasteiger partial charge in [0.2, 0.25) is 0 Å². The van der Waals surface area contributed by atoms with Gasteiger partial charge in [-0.3, -0.25) is 4.79 Å². The molecule has 2 unspecified atom stereocenters. The molecule has 0 aliphatic carbocycles. The van der Waals surface area contributed by atoms with Gasteiger partial charge in [0.1, 0.15) is 6.04 Å². The van der Waals surface area contributed by atoms with Crippen LogP contribution < -0.4 is 5.73 Å². The number of carboxylic acids is 1. The maximum Gasteiger partial charge on any atom is 0.320 e. The van der Waals surface area contributed by atoms with Gasteiger partial charge in [-0.05, 0) is 28.4 Å². The van der Waals surface area contributed by atoms with Gasteiger partial charge in [0.25, 0.3) is 0 Å². The molecule has 0 spiro atoms. The van der Waals surface area contributed by atoms with E-state index < -0.39 is 12.0 Å². The van der Waals surface area contributed by atoms with Crippen LogP contribution in [0.5, 0.6) is 0 Å².